The van der Waals surface area contributed by atoms with Crippen molar-refractivity contribution < 1.29 is 14.1 Å². The van der Waals surface area contributed by atoms with E-state index in [-0.39, 0.29) is 30.1 Å². The van der Waals surface area contributed by atoms with E-state index in [4.69, 9.17) is 0 Å². The van der Waals surface area contributed by atoms with Gasteiger partial charge in [0.15, 0.2) is 11.0 Å². The predicted octanol–water partition coefficient (Wildman–Crippen LogP) is 4.74. The highest BCUT2D eigenvalue weighted by molar-refractivity contribution is 7.98. The zero-order chi connectivity index (χ0) is 23.9. The number of carbonyl (C=O) groups is 1. The topological polar surface area (TPSA) is 115 Å². The number of aromatic nitrogens is 3. The molecule has 1 aliphatic carbocycles. The Labute approximate surface area is 200 Å². The normalized spacial score (nSPS) is 14.0. The fourth-order valence-electron chi connectivity index (χ4n) is 3.86. The molecule has 0 saturated heterocycles. The Hall–Kier alpha value is -3.47. The van der Waals surface area contributed by atoms with E-state index in [1.807, 2.05) is 0 Å². The first-order chi connectivity index (χ1) is 16.5. The van der Waals surface area contributed by atoms with Gasteiger partial charge in [0.25, 0.3) is 5.69 Å². The second kappa shape index (κ2) is 11.1. The molecule has 3 aromatic rings. The maximum Gasteiger partial charge on any atom is 0.315 e. The van der Waals surface area contributed by atoms with Crippen LogP contribution in [0.1, 0.15) is 43.5 Å². The Bertz CT molecular complexity index is 1130. The molecule has 1 fully saturated rings. The molecule has 1 aromatic heterocycles. The molecular formula is C23H25FN6O3S. The molecule has 11 heteroatoms. The minimum atomic E-state index is -0.460. The summed E-state index contributed by atoms with van der Waals surface area (Å²) in [6, 6.07) is 12.2. The first-order valence-corrected chi connectivity index (χ1v) is 12.1. The number of rotatable bonds is 8. The number of nitro groups is 1. The van der Waals surface area contributed by atoms with Crippen molar-refractivity contribution in [1.82, 2.24) is 25.4 Å². The van der Waals surface area contributed by atoms with Gasteiger partial charge in [-0.15, -0.1) is 10.2 Å². The van der Waals surface area contributed by atoms with E-state index in [9.17, 15) is 19.3 Å². The number of non-ortho nitro benzene ring substituents is 1. The monoisotopic (exact) mass is 484 g/mol. The minimum Gasteiger partial charge on any atom is -0.335 e. The van der Waals surface area contributed by atoms with Crippen LogP contribution < -0.4 is 10.6 Å². The zero-order valence-electron chi connectivity index (χ0n) is 18.4. The number of hydrogen-bond acceptors (Lipinski definition) is 6. The lowest BCUT2D eigenvalue weighted by Crippen LogP contribution is -2.42. The van der Waals surface area contributed by atoms with Crippen molar-refractivity contribution in [1.29, 1.82) is 0 Å². The van der Waals surface area contributed by atoms with Crippen LogP contribution in [0.25, 0.3) is 5.69 Å². The van der Waals surface area contributed by atoms with Gasteiger partial charge >= 0.3 is 6.03 Å². The van der Waals surface area contributed by atoms with Gasteiger partial charge in [-0.2, -0.15) is 0 Å². The predicted molar refractivity (Wildman–Crippen MR) is 126 cm³/mol. The van der Waals surface area contributed by atoms with Gasteiger partial charge < -0.3 is 10.6 Å². The van der Waals surface area contributed by atoms with Gasteiger partial charge in [-0.05, 0) is 42.7 Å². The van der Waals surface area contributed by atoms with Gasteiger partial charge in [0.1, 0.15) is 5.82 Å². The zero-order valence-corrected chi connectivity index (χ0v) is 19.3. The maximum atomic E-state index is 13.2. The standard InChI is InChI=1S/C23H25FN6O3S/c24-17-8-6-16(7-9-17)15-34-23-28-27-21(14-25-22(31)26-18-4-2-1-3-5-18)29(23)19-10-12-20(13-11-19)30(32)33/h6-13,18H,1-5,14-15H2,(H2,25,26,31). The number of benzene rings is 2. The Morgan fingerprint density at radius 3 is 2.47 bits per heavy atom. The molecule has 1 heterocycles. The lowest BCUT2D eigenvalue weighted by molar-refractivity contribution is -0.384. The molecule has 2 amide bonds. The van der Waals surface area contributed by atoms with Gasteiger partial charge in [0.05, 0.1) is 11.5 Å². The van der Waals surface area contributed by atoms with Crippen LogP contribution >= 0.6 is 11.8 Å². The van der Waals surface area contributed by atoms with Crippen molar-refractivity contribution >= 4 is 23.5 Å². The third-order valence-electron chi connectivity index (χ3n) is 5.65. The average molecular weight is 485 g/mol. The van der Waals surface area contributed by atoms with E-state index in [2.05, 4.69) is 20.8 Å². The summed E-state index contributed by atoms with van der Waals surface area (Å²) in [6.07, 6.45) is 5.41. The summed E-state index contributed by atoms with van der Waals surface area (Å²) in [4.78, 5) is 23.0. The second-order valence-corrected chi connectivity index (χ2v) is 9.03. The van der Waals surface area contributed by atoms with Crippen molar-refractivity contribution in [2.24, 2.45) is 0 Å². The molecule has 4 rings (SSSR count). The number of hydrogen-bond donors (Lipinski definition) is 2. The van der Waals surface area contributed by atoms with Crippen LogP contribution in [-0.2, 0) is 12.3 Å². The number of amides is 2. The second-order valence-electron chi connectivity index (χ2n) is 8.08. The van der Waals surface area contributed by atoms with Gasteiger partial charge in [0, 0.05) is 29.6 Å². The van der Waals surface area contributed by atoms with Crippen LogP contribution in [0.2, 0.25) is 0 Å². The number of halogens is 1. The molecule has 9 nitrogen and oxygen atoms in total. The maximum absolute atomic E-state index is 13.2. The van der Waals surface area contributed by atoms with Crippen LogP contribution in [0.4, 0.5) is 14.9 Å². The Kier molecular flexibility index (Phi) is 7.73. The molecule has 0 radical (unpaired) electrons. The third-order valence-corrected chi connectivity index (χ3v) is 6.65. The molecule has 0 unspecified atom stereocenters. The van der Waals surface area contributed by atoms with E-state index >= 15 is 0 Å². The fraction of sp³-hybridized carbons (Fsp3) is 0.348. The Balaban J connectivity index is 1.50. The summed E-state index contributed by atoms with van der Waals surface area (Å²) in [5.41, 5.74) is 1.53. The van der Waals surface area contributed by atoms with Crippen LogP contribution in [0.15, 0.2) is 53.7 Å². The molecule has 0 aliphatic heterocycles. The largest absolute Gasteiger partial charge is 0.335 e. The van der Waals surface area contributed by atoms with Crippen molar-refractivity contribution in [3.05, 3.63) is 75.9 Å². The first-order valence-electron chi connectivity index (χ1n) is 11.1. The molecule has 1 saturated carbocycles. The summed E-state index contributed by atoms with van der Waals surface area (Å²) in [7, 11) is 0. The summed E-state index contributed by atoms with van der Waals surface area (Å²) >= 11 is 1.40. The van der Waals surface area contributed by atoms with Crippen molar-refractivity contribution in [2.45, 2.75) is 55.6 Å². The first kappa shape index (κ1) is 23.7. The summed E-state index contributed by atoms with van der Waals surface area (Å²) in [5, 5.41) is 26.0. The number of nitrogens with one attached hydrogen (secondary N) is 2. The number of carbonyl (C=O) groups excluding carboxylic acids is 1. The van der Waals surface area contributed by atoms with Crippen LogP contribution in [0.3, 0.4) is 0 Å². The van der Waals surface area contributed by atoms with E-state index < -0.39 is 4.92 Å². The average Bonchev–Trinajstić information content (AvgIpc) is 3.26. The third kappa shape index (κ3) is 6.10. The molecular weight excluding hydrogens is 459 g/mol. The van der Waals surface area contributed by atoms with E-state index in [1.165, 1.54) is 42.4 Å². The molecule has 2 N–H and O–H groups in total. The Morgan fingerprint density at radius 1 is 1.09 bits per heavy atom. The fourth-order valence-corrected chi connectivity index (χ4v) is 4.79. The number of thioether (sulfide) groups is 1. The summed E-state index contributed by atoms with van der Waals surface area (Å²) in [5.74, 6) is 0.720. The number of nitrogens with zero attached hydrogens (tertiary/aromatic N) is 4. The molecule has 34 heavy (non-hydrogen) atoms. The van der Waals surface area contributed by atoms with Gasteiger partial charge in [-0.1, -0.05) is 43.2 Å². The van der Waals surface area contributed by atoms with Crippen LogP contribution in [0.5, 0.6) is 0 Å². The van der Waals surface area contributed by atoms with E-state index in [1.54, 1.807) is 28.8 Å². The van der Waals surface area contributed by atoms with Gasteiger partial charge in [-0.25, -0.2) is 9.18 Å². The molecule has 2 aromatic carbocycles. The molecule has 0 spiro atoms. The lowest BCUT2D eigenvalue weighted by atomic mass is 9.96. The lowest BCUT2D eigenvalue weighted by Gasteiger charge is -2.22. The van der Waals surface area contributed by atoms with Crippen molar-refractivity contribution in [2.75, 3.05) is 0 Å². The van der Waals surface area contributed by atoms with Gasteiger partial charge in [0.2, 0.25) is 0 Å². The molecule has 1 aliphatic rings. The molecule has 0 bridgehead atoms. The highest BCUT2D eigenvalue weighted by Gasteiger charge is 2.19. The molecule has 178 valence electrons. The number of urea groups is 1. The van der Waals surface area contributed by atoms with Crippen molar-refractivity contribution in [3.8, 4) is 5.69 Å². The van der Waals surface area contributed by atoms with Crippen LogP contribution in [-0.4, -0.2) is 31.8 Å². The van der Waals surface area contributed by atoms with Crippen LogP contribution in [0, 0.1) is 15.9 Å². The molecule has 0 atom stereocenters. The Morgan fingerprint density at radius 2 is 1.79 bits per heavy atom. The van der Waals surface area contributed by atoms with Gasteiger partial charge in [-0.3, -0.25) is 14.7 Å². The smallest absolute Gasteiger partial charge is 0.315 e. The summed E-state index contributed by atoms with van der Waals surface area (Å²) < 4.78 is 15.0. The highest BCUT2D eigenvalue weighted by atomic mass is 32.2. The number of nitro benzene ring substituents is 1. The van der Waals surface area contributed by atoms with Crippen molar-refractivity contribution in [3.63, 3.8) is 0 Å². The van der Waals surface area contributed by atoms with E-state index in [0.29, 0.717) is 22.4 Å². The summed E-state index contributed by atoms with van der Waals surface area (Å²) in [6.45, 7) is 0.139. The SMILES string of the molecule is O=C(NCc1nnc(SCc2ccc(F)cc2)n1-c1ccc([N+](=O)[O-])cc1)NC1CCCCC1. The highest BCUT2D eigenvalue weighted by Crippen LogP contribution is 2.26. The minimum absolute atomic E-state index is 0.0242. The van der Waals surface area contributed by atoms with E-state index in [0.717, 1.165) is 31.2 Å². The quantitative estimate of drug-likeness (QED) is 0.271.